The Hall–Kier alpha value is -1.65. The minimum Gasteiger partial charge on any atom is -0.448 e. The topological polar surface area (TPSA) is 98.0 Å². The number of halogens is 1. The first-order chi connectivity index (χ1) is 11.7. The fraction of sp³-hybridized carbons (Fsp3) is 0.500. The Morgan fingerprint density at radius 3 is 2.88 bits per heavy atom. The molecule has 1 amide bonds. The Morgan fingerprint density at radius 2 is 2.24 bits per heavy atom. The van der Waals surface area contributed by atoms with Gasteiger partial charge < -0.3 is 9.64 Å². The first-order valence-electron chi connectivity index (χ1n) is 7.49. The number of esters is 1. The molecule has 136 valence electrons. The van der Waals surface area contributed by atoms with Crippen molar-refractivity contribution in [2.24, 2.45) is 0 Å². The van der Waals surface area contributed by atoms with Gasteiger partial charge in [0.2, 0.25) is 0 Å². The maximum atomic E-state index is 12.4. The maximum Gasteiger partial charge on any atom is 0.359 e. The average molecular weight is 406 g/mol. The number of thiazole rings is 1. The third-order valence-electron chi connectivity index (χ3n) is 4.15. The molecule has 1 fully saturated rings. The molecule has 2 aromatic rings. The lowest BCUT2D eigenvalue weighted by atomic mass is 10.2. The van der Waals surface area contributed by atoms with Crippen LogP contribution in [0.15, 0.2) is 11.6 Å². The molecule has 0 aromatic carbocycles. The Bertz CT molecular complexity index is 936. The third-order valence-corrected chi connectivity index (χ3v) is 6.92. The number of likely N-dealkylation sites (N-methyl/N-ethyl adjacent to an activating group) is 1. The van der Waals surface area contributed by atoms with Crippen LogP contribution in [0.1, 0.15) is 23.8 Å². The van der Waals surface area contributed by atoms with Crippen LogP contribution in [-0.4, -0.2) is 65.3 Å². The number of hydrogen-bond donors (Lipinski definition) is 0. The molecule has 11 heteroatoms. The largest absolute Gasteiger partial charge is 0.448 e. The van der Waals surface area contributed by atoms with E-state index in [0.717, 1.165) is 0 Å². The summed E-state index contributed by atoms with van der Waals surface area (Å²) < 4.78 is 29.8. The van der Waals surface area contributed by atoms with Gasteiger partial charge in [-0.2, -0.15) is 0 Å². The van der Waals surface area contributed by atoms with E-state index in [9.17, 15) is 18.0 Å². The number of sulfone groups is 1. The molecule has 3 heterocycles. The van der Waals surface area contributed by atoms with Crippen molar-refractivity contribution in [1.82, 2.24) is 14.3 Å². The number of aromatic nitrogens is 2. The Labute approximate surface area is 153 Å². The number of amides is 1. The van der Waals surface area contributed by atoms with E-state index in [1.165, 1.54) is 34.6 Å². The molecule has 0 unspecified atom stereocenters. The van der Waals surface area contributed by atoms with Gasteiger partial charge in [0.05, 0.1) is 11.5 Å². The Balaban J connectivity index is 1.70. The van der Waals surface area contributed by atoms with Crippen molar-refractivity contribution >= 4 is 49.6 Å². The highest BCUT2D eigenvalue weighted by Crippen LogP contribution is 2.23. The molecule has 25 heavy (non-hydrogen) atoms. The third kappa shape index (κ3) is 3.51. The summed E-state index contributed by atoms with van der Waals surface area (Å²) in [6.45, 7) is 1.44. The molecular weight excluding hydrogens is 390 g/mol. The fourth-order valence-corrected chi connectivity index (χ4v) is 5.54. The predicted molar refractivity (Wildman–Crippen MR) is 92.8 cm³/mol. The highest BCUT2D eigenvalue weighted by atomic mass is 35.5. The molecule has 8 nitrogen and oxygen atoms in total. The second-order valence-electron chi connectivity index (χ2n) is 5.86. The van der Waals surface area contributed by atoms with E-state index in [-0.39, 0.29) is 22.4 Å². The molecular formula is C14H16ClN3O5S2. The van der Waals surface area contributed by atoms with E-state index in [2.05, 4.69) is 4.98 Å². The van der Waals surface area contributed by atoms with Gasteiger partial charge in [-0.25, -0.2) is 18.2 Å². The molecule has 1 aliphatic rings. The van der Waals surface area contributed by atoms with Crippen LogP contribution in [0.3, 0.4) is 0 Å². The van der Waals surface area contributed by atoms with Gasteiger partial charge in [0.1, 0.15) is 0 Å². The van der Waals surface area contributed by atoms with E-state index in [0.29, 0.717) is 11.4 Å². The highest BCUT2D eigenvalue weighted by molar-refractivity contribution is 7.91. The van der Waals surface area contributed by atoms with E-state index in [1.807, 2.05) is 0 Å². The van der Waals surface area contributed by atoms with Crippen LogP contribution < -0.4 is 0 Å². The number of nitrogens with zero attached hydrogens (tertiary/aromatic N) is 3. The van der Waals surface area contributed by atoms with E-state index in [1.54, 1.807) is 11.6 Å². The zero-order valence-corrected chi connectivity index (χ0v) is 15.9. The first kappa shape index (κ1) is 18.2. The molecule has 0 aliphatic carbocycles. The quantitative estimate of drug-likeness (QED) is 0.710. The predicted octanol–water partition coefficient (Wildman–Crippen LogP) is 1.24. The Morgan fingerprint density at radius 1 is 1.52 bits per heavy atom. The van der Waals surface area contributed by atoms with Crippen molar-refractivity contribution in [1.29, 1.82) is 0 Å². The maximum absolute atomic E-state index is 12.4. The van der Waals surface area contributed by atoms with E-state index < -0.39 is 33.9 Å². The van der Waals surface area contributed by atoms with Gasteiger partial charge in [0.25, 0.3) is 5.91 Å². The van der Waals surface area contributed by atoms with Gasteiger partial charge in [0, 0.05) is 24.7 Å². The summed E-state index contributed by atoms with van der Waals surface area (Å²) >= 11 is 7.29. The highest BCUT2D eigenvalue weighted by Gasteiger charge is 2.35. The summed E-state index contributed by atoms with van der Waals surface area (Å²) in [5.41, 5.74) is 0.0589. The van der Waals surface area contributed by atoms with Crippen LogP contribution in [0.5, 0.6) is 0 Å². The second-order valence-corrected chi connectivity index (χ2v) is 9.32. The zero-order chi connectivity index (χ0) is 18.4. The average Bonchev–Trinajstić information content (AvgIpc) is 3.19. The summed E-state index contributed by atoms with van der Waals surface area (Å²) in [6.07, 6.45) is 0.952. The van der Waals surface area contributed by atoms with Crippen molar-refractivity contribution in [3.05, 3.63) is 22.4 Å². The monoisotopic (exact) mass is 405 g/mol. The molecule has 1 aliphatic heterocycles. The number of imidazole rings is 1. The lowest BCUT2D eigenvalue weighted by molar-refractivity contribution is -0.140. The zero-order valence-electron chi connectivity index (χ0n) is 13.5. The summed E-state index contributed by atoms with van der Waals surface area (Å²) in [4.78, 5) is 30.7. The van der Waals surface area contributed by atoms with Crippen molar-refractivity contribution in [3.63, 3.8) is 0 Å². The lowest BCUT2D eigenvalue weighted by Gasteiger charge is -2.26. The SMILES string of the molecule is C[C@H](OC(=O)c1c(Cl)nc2sccn12)C(=O)N(C)[C@@H]1CCS(=O)(=O)C1. The summed E-state index contributed by atoms with van der Waals surface area (Å²) in [5.74, 6) is -1.23. The lowest BCUT2D eigenvalue weighted by Crippen LogP contribution is -2.44. The number of ether oxygens (including phenoxy) is 1. The molecule has 0 N–H and O–H groups in total. The normalized spacial score (nSPS) is 20.5. The van der Waals surface area contributed by atoms with E-state index >= 15 is 0 Å². The molecule has 0 radical (unpaired) electrons. The molecule has 2 aromatic heterocycles. The number of fused-ring (bicyclic) bond motifs is 1. The molecule has 2 atom stereocenters. The molecule has 3 rings (SSSR count). The van der Waals surface area contributed by atoms with Gasteiger partial charge in [-0.3, -0.25) is 9.20 Å². The van der Waals surface area contributed by atoms with Gasteiger partial charge >= 0.3 is 5.97 Å². The van der Waals surface area contributed by atoms with E-state index in [4.69, 9.17) is 16.3 Å². The van der Waals surface area contributed by atoms with Crippen LogP contribution in [0.25, 0.3) is 4.96 Å². The van der Waals surface area contributed by atoms with Crippen molar-refractivity contribution in [2.45, 2.75) is 25.5 Å². The number of carbonyl (C=O) groups excluding carboxylic acids is 2. The second kappa shape index (κ2) is 6.58. The van der Waals surface area contributed by atoms with Crippen molar-refractivity contribution in [3.8, 4) is 0 Å². The van der Waals surface area contributed by atoms with Crippen molar-refractivity contribution in [2.75, 3.05) is 18.6 Å². The smallest absolute Gasteiger partial charge is 0.359 e. The summed E-state index contributed by atoms with van der Waals surface area (Å²) in [5, 5.41) is 1.75. The summed E-state index contributed by atoms with van der Waals surface area (Å²) in [6, 6.07) is -0.402. The number of rotatable bonds is 4. The van der Waals surface area contributed by atoms with Crippen LogP contribution in [0, 0.1) is 0 Å². The minimum atomic E-state index is -3.11. The van der Waals surface area contributed by atoms with Gasteiger partial charge in [0.15, 0.2) is 31.7 Å². The summed E-state index contributed by atoms with van der Waals surface area (Å²) in [7, 11) is -1.60. The van der Waals surface area contributed by atoms with Gasteiger partial charge in [-0.1, -0.05) is 11.6 Å². The molecule has 1 saturated heterocycles. The van der Waals surface area contributed by atoms with Gasteiger partial charge in [-0.05, 0) is 13.3 Å². The number of carbonyl (C=O) groups is 2. The molecule has 0 spiro atoms. The van der Waals surface area contributed by atoms with Crippen LogP contribution in [-0.2, 0) is 19.4 Å². The van der Waals surface area contributed by atoms with Crippen LogP contribution in [0.2, 0.25) is 5.15 Å². The molecule has 0 bridgehead atoms. The van der Waals surface area contributed by atoms with Crippen LogP contribution in [0.4, 0.5) is 0 Å². The Kier molecular flexibility index (Phi) is 4.78. The molecule has 0 saturated carbocycles. The van der Waals surface area contributed by atoms with Crippen molar-refractivity contribution < 1.29 is 22.7 Å². The number of hydrogen-bond acceptors (Lipinski definition) is 7. The standard InChI is InChI=1S/C14H16ClN3O5S2/c1-8(12(19)17(2)9-3-6-25(21,22)7-9)23-13(20)10-11(15)16-14-18(10)4-5-24-14/h4-5,8-9H,3,6-7H2,1-2H3/t8-,9+/m0/s1. The first-order valence-corrected chi connectivity index (χ1v) is 10.6. The fourth-order valence-electron chi connectivity index (χ4n) is 2.76. The van der Waals surface area contributed by atoms with Gasteiger partial charge in [-0.15, -0.1) is 11.3 Å². The minimum absolute atomic E-state index is 0.00624. The van der Waals surface area contributed by atoms with Crippen LogP contribution >= 0.6 is 22.9 Å².